The van der Waals surface area contributed by atoms with E-state index < -0.39 is 14.4 Å². The van der Waals surface area contributed by atoms with Crippen molar-refractivity contribution in [2.24, 2.45) is 0 Å². The minimum atomic E-state index is -1.67. The van der Waals surface area contributed by atoms with E-state index in [1.54, 1.807) is 7.11 Å². The number of hydrogen-bond donors (Lipinski definition) is 0. The number of ether oxygens (including phenoxy) is 3. The van der Waals surface area contributed by atoms with Crippen molar-refractivity contribution < 1.29 is 19.0 Å². The Morgan fingerprint density at radius 1 is 1.24 bits per heavy atom. The smallest absolute Gasteiger partial charge is 0.222 e. The fourth-order valence-corrected chi connectivity index (χ4v) is 3.07. The lowest BCUT2D eigenvalue weighted by atomic mass is 10.0. The van der Waals surface area contributed by atoms with E-state index in [0.29, 0.717) is 23.4 Å². The summed E-state index contributed by atoms with van der Waals surface area (Å²) in [7, 11) is 2.93. The van der Waals surface area contributed by atoms with E-state index >= 15 is 0 Å². The van der Waals surface area contributed by atoms with Crippen LogP contribution in [0.15, 0.2) is 6.07 Å². The number of rotatable bonds is 7. The molecule has 0 atom stereocenters. The molecule has 0 spiro atoms. The van der Waals surface area contributed by atoms with Gasteiger partial charge in [0.25, 0.3) is 0 Å². The molecule has 0 aliphatic carbocycles. The van der Waals surface area contributed by atoms with Crippen molar-refractivity contribution in [2.45, 2.75) is 39.3 Å². The molecule has 1 aromatic rings. The van der Waals surface area contributed by atoms with Gasteiger partial charge in [0, 0.05) is 31.5 Å². The van der Waals surface area contributed by atoms with Crippen molar-refractivity contribution in [2.75, 3.05) is 21.3 Å². The third-order valence-corrected chi connectivity index (χ3v) is 5.06. The topological polar surface area (TPSA) is 57.7 Å². The molecule has 0 amide bonds. The molecule has 0 N–H and O–H groups in total. The maximum atomic E-state index is 12.3. The monoisotopic (exact) mass is 311 g/mol. The Bertz CT molecular complexity index is 507. The number of carbonyl (C=O) groups is 1. The molecule has 0 unspecified atom stereocenters. The van der Waals surface area contributed by atoms with E-state index in [9.17, 15) is 4.79 Å². The molecule has 5 nitrogen and oxygen atoms in total. The summed E-state index contributed by atoms with van der Waals surface area (Å²) >= 11 is 0. The van der Waals surface area contributed by atoms with Crippen molar-refractivity contribution in [1.29, 1.82) is 0 Å². The van der Waals surface area contributed by atoms with Gasteiger partial charge in [-0.05, 0) is 6.07 Å². The maximum Gasteiger partial charge on any atom is 0.222 e. The van der Waals surface area contributed by atoms with Gasteiger partial charge in [-0.25, -0.2) is 4.98 Å². The Kier molecular flexibility index (Phi) is 6.06. The Morgan fingerprint density at radius 3 is 2.19 bits per heavy atom. The third kappa shape index (κ3) is 3.90. The second kappa shape index (κ2) is 7.15. The van der Waals surface area contributed by atoms with Crippen LogP contribution in [0.3, 0.4) is 0 Å². The normalized spacial score (nSPS) is 11.8. The van der Waals surface area contributed by atoms with Gasteiger partial charge in [0.15, 0.2) is 12.1 Å². The predicted octanol–water partition coefficient (Wildman–Crippen LogP) is 2.52. The van der Waals surface area contributed by atoms with Crippen molar-refractivity contribution >= 4 is 19.2 Å². The van der Waals surface area contributed by atoms with Gasteiger partial charge < -0.3 is 14.2 Å². The van der Waals surface area contributed by atoms with Crippen molar-refractivity contribution in [3.8, 4) is 5.88 Å². The van der Waals surface area contributed by atoms with Gasteiger partial charge in [-0.2, -0.15) is 0 Å². The Balaban J connectivity index is 3.63. The van der Waals surface area contributed by atoms with Crippen LogP contribution >= 0.6 is 0 Å². The third-order valence-electron chi connectivity index (χ3n) is 3.27. The van der Waals surface area contributed by atoms with Crippen molar-refractivity contribution in [3.63, 3.8) is 0 Å². The zero-order valence-corrected chi connectivity index (χ0v) is 14.9. The molecule has 0 saturated carbocycles. The maximum absolute atomic E-state index is 12.3. The Morgan fingerprint density at radius 2 is 1.81 bits per heavy atom. The highest BCUT2D eigenvalue weighted by Crippen LogP contribution is 2.30. The van der Waals surface area contributed by atoms with Crippen LogP contribution in [0.1, 0.15) is 35.6 Å². The van der Waals surface area contributed by atoms with E-state index in [0.717, 1.165) is 5.32 Å². The van der Waals surface area contributed by atoms with Crippen LogP contribution < -0.4 is 10.1 Å². The molecular formula is C15H25NO4Si. The molecule has 0 aliphatic heterocycles. The van der Waals surface area contributed by atoms with Gasteiger partial charge in [-0.1, -0.05) is 26.6 Å². The number of ketones is 1. The second-order valence-electron chi connectivity index (χ2n) is 5.81. The number of hydrogen-bond acceptors (Lipinski definition) is 5. The van der Waals surface area contributed by atoms with E-state index in [-0.39, 0.29) is 5.78 Å². The molecule has 1 rings (SSSR count). The van der Waals surface area contributed by atoms with E-state index in [1.165, 1.54) is 14.2 Å². The summed E-state index contributed by atoms with van der Waals surface area (Å²) in [5.41, 5.74) is 1.15. The van der Waals surface area contributed by atoms with Crippen molar-refractivity contribution in [1.82, 2.24) is 4.98 Å². The molecule has 0 fully saturated rings. The first-order valence-electron chi connectivity index (χ1n) is 6.98. The minimum Gasteiger partial charge on any atom is -0.481 e. The molecule has 1 aromatic heterocycles. The van der Waals surface area contributed by atoms with Crippen LogP contribution in [0.2, 0.25) is 19.6 Å². The highest BCUT2D eigenvalue weighted by Gasteiger charge is 2.28. The fraction of sp³-hybridized carbons (Fsp3) is 0.600. The molecule has 0 radical (unpaired) electrons. The number of pyridine rings is 1. The molecule has 0 saturated heterocycles. The number of Topliss-reactive ketones (excluding diaryl/α,β-unsaturated/α-hetero) is 1. The molecule has 0 bridgehead atoms. The second-order valence-corrected chi connectivity index (χ2v) is 10.8. The summed E-state index contributed by atoms with van der Waals surface area (Å²) in [4.78, 5) is 16.9. The van der Waals surface area contributed by atoms with Gasteiger partial charge in [0.1, 0.15) is 8.07 Å². The molecule has 118 valence electrons. The molecule has 0 aromatic carbocycles. The molecule has 21 heavy (non-hydrogen) atoms. The lowest BCUT2D eigenvalue weighted by molar-refractivity contribution is -0.107. The molecule has 1 heterocycles. The van der Waals surface area contributed by atoms with Gasteiger partial charge in [0.05, 0.1) is 12.7 Å². The summed E-state index contributed by atoms with van der Waals surface area (Å²) in [5, 5.41) is 0.936. The van der Waals surface area contributed by atoms with Crippen LogP contribution in [0, 0.1) is 0 Å². The number of aromatic nitrogens is 1. The Hall–Kier alpha value is -1.24. The lowest BCUT2D eigenvalue weighted by Gasteiger charge is -2.23. The fourth-order valence-electron chi connectivity index (χ4n) is 2.05. The summed E-state index contributed by atoms with van der Waals surface area (Å²) in [5.74, 6) is 0.435. The average molecular weight is 311 g/mol. The zero-order chi connectivity index (χ0) is 16.2. The quantitative estimate of drug-likeness (QED) is 0.440. The summed E-state index contributed by atoms with van der Waals surface area (Å²) in [6, 6.07) is 1.88. The number of nitrogens with zero attached hydrogens (tertiary/aromatic N) is 1. The highest BCUT2D eigenvalue weighted by molar-refractivity contribution is 6.88. The van der Waals surface area contributed by atoms with Crippen LogP contribution in [-0.2, 0) is 9.47 Å². The number of methoxy groups -OCH3 is 3. The minimum absolute atomic E-state index is 0.0318. The first kappa shape index (κ1) is 17.8. The van der Waals surface area contributed by atoms with Gasteiger partial charge in [-0.15, -0.1) is 0 Å². The first-order valence-corrected chi connectivity index (χ1v) is 10.5. The predicted molar refractivity (Wildman–Crippen MR) is 85.1 cm³/mol. The summed E-state index contributed by atoms with van der Waals surface area (Å²) in [6.45, 7) is 8.37. The zero-order valence-electron chi connectivity index (χ0n) is 13.9. The Labute approximate surface area is 127 Å². The van der Waals surface area contributed by atoms with Gasteiger partial charge in [0.2, 0.25) is 5.88 Å². The van der Waals surface area contributed by atoms with E-state index in [4.69, 9.17) is 14.2 Å². The van der Waals surface area contributed by atoms with Crippen LogP contribution in [0.4, 0.5) is 0 Å². The van der Waals surface area contributed by atoms with Gasteiger partial charge in [-0.3, -0.25) is 4.79 Å². The largest absolute Gasteiger partial charge is 0.481 e. The average Bonchev–Trinajstić information content (AvgIpc) is 2.46. The molecule has 0 aliphatic rings. The highest BCUT2D eigenvalue weighted by atomic mass is 28.3. The SMILES string of the molecule is CCC(=O)c1cc([Si](C)(C)C)nc(OC)c1C(OC)OC. The molecule has 6 heteroatoms. The van der Waals surface area contributed by atoms with E-state index in [2.05, 4.69) is 24.6 Å². The van der Waals surface area contributed by atoms with Crippen LogP contribution in [-0.4, -0.2) is 40.2 Å². The van der Waals surface area contributed by atoms with Crippen molar-refractivity contribution in [3.05, 3.63) is 17.2 Å². The standard InChI is InChI=1S/C15H25NO4Si/c1-8-11(17)10-9-12(21(5,6)7)16-14(18-2)13(10)15(19-3)20-4/h9,15H,8H2,1-7H3. The molecular weight excluding hydrogens is 286 g/mol. The van der Waals surface area contributed by atoms with Gasteiger partial charge >= 0.3 is 0 Å². The van der Waals surface area contributed by atoms with Crippen LogP contribution in [0.25, 0.3) is 0 Å². The summed E-state index contributed by atoms with van der Waals surface area (Å²) in [6.07, 6.45) is -0.264. The van der Waals surface area contributed by atoms with Crippen LogP contribution in [0.5, 0.6) is 5.88 Å². The van der Waals surface area contributed by atoms with E-state index in [1.807, 2.05) is 13.0 Å². The first-order chi connectivity index (χ1) is 9.79. The number of carbonyl (C=O) groups excluding carboxylic acids is 1. The lowest BCUT2D eigenvalue weighted by Crippen LogP contribution is -2.41. The summed E-state index contributed by atoms with van der Waals surface area (Å²) < 4.78 is 16.0.